The Kier molecular flexibility index (Phi) is 4.95. The van der Waals surface area contributed by atoms with E-state index in [1.807, 2.05) is 13.8 Å². The SMILES string of the molecule is Cc1cc(=O)[nH]c(CNC(=O)[C@@H]2CCC(=O)N(C(C)C)C2)n1. The van der Waals surface area contributed by atoms with Gasteiger partial charge in [0.1, 0.15) is 5.82 Å². The molecule has 1 aromatic heterocycles. The van der Waals surface area contributed by atoms with Crippen LogP contribution < -0.4 is 10.9 Å². The Morgan fingerprint density at radius 1 is 1.50 bits per heavy atom. The average Bonchev–Trinajstić information content (AvgIpc) is 2.44. The second kappa shape index (κ2) is 6.72. The Balaban J connectivity index is 1.94. The van der Waals surface area contributed by atoms with Crippen LogP contribution in [0.5, 0.6) is 0 Å². The molecule has 1 saturated heterocycles. The summed E-state index contributed by atoms with van der Waals surface area (Å²) in [5.74, 6) is 0.216. The Bertz CT molecular complexity index is 623. The number of rotatable bonds is 4. The average molecular weight is 306 g/mol. The van der Waals surface area contributed by atoms with Crippen molar-refractivity contribution < 1.29 is 9.59 Å². The number of nitrogens with zero attached hydrogens (tertiary/aromatic N) is 2. The fourth-order valence-electron chi connectivity index (χ4n) is 2.62. The quantitative estimate of drug-likeness (QED) is 0.838. The molecule has 0 aromatic carbocycles. The van der Waals surface area contributed by atoms with Crippen molar-refractivity contribution in [2.24, 2.45) is 5.92 Å². The van der Waals surface area contributed by atoms with Crippen molar-refractivity contribution in [3.8, 4) is 0 Å². The molecule has 0 saturated carbocycles. The molecule has 0 unspecified atom stereocenters. The van der Waals surface area contributed by atoms with Crippen LogP contribution in [0.15, 0.2) is 10.9 Å². The first-order chi connectivity index (χ1) is 10.4. The van der Waals surface area contributed by atoms with E-state index in [1.54, 1.807) is 11.8 Å². The maximum Gasteiger partial charge on any atom is 0.251 e. The predicted molar refractivity (Wildman–Crippen MR) is 81.0 cm³/mol. The summed E-state index contributed by atoms with van der Waals surface area (Å²) in [6, 6.07) is 1.50. The van der Waals surface area contributed by atoms with E-state index in [4.69, 9.17) is 0 Å². The van der Waals surface area contributed by atoms with Gasteiger partial charge in [-0.15, -0.1) is 0 Å². The third-order valence-electron chi connectivity index (χ3n) is 3.79. The molecular weight excluding hydrogens is 284 g/mol. The molecule has 120 valence electrons. The number of carbonyl (C=O) groups is 2. The van der Waals surface area contributed by atoms with Gasteiger partial charge in [-0.2, -0.15) is 0 Å². The maximum absolute atomic E-state index is 12.2. The number of piperidine rings is 1. The number of hydrogen-bond donors (Lipinski definition) is 2. The number of amides is 2. The van der Waals surface area contributed by atoms with Crippen molar-refractivity contribution in [3.63, 3.8) is 0 Å². The highest BCUT2D eigenvalue weighted by atomic mass is 16.2. The summed E-state index contributed by atoms with van der Waals surface area (Å²) in [6.07, 6.45) is 0.960. The van der Waals surface area contributed by atoms with Crippen LogP contribution in [0.3, 0.4) is 0 Å². The van der Waals surface area contributed by atoms with Gasteiger partial charge in [-0.3, -0.25) is 14.4 Å². The molecule has 22 heavy (non-hydrogen) atoms. The number of likely N-dealkylation sites (tertiary alicyclic amines) is 1. The fraction of sp³-hybridized carbons (Fsp3) is 0.600. The van der Waals surface area contributed by atoms with E-state index in [2.05, 4.69) is 15.3 Å². The maximum atomic E-state index is 12.2. The zero-order chi connectivity index (χ0) is 16.3. The molecule has 7 nitrogen and oxygen atoms in total. The van der Waals surface area contributed by atoms with Crippen LogP contribution in [-0.2, 0) is 16.1 Å². The van der Waals surface area contributed by atoms with Crippen LogP contribution in [0, 0.1) is 12.8 Å². The summed E-state index contributed by atoms with van der Waals surface area (Å²) in [7, 11) is 0. The highest BCUT2D eigenvalue weighted by molar-refractivity contribution is 5.83. The highest BCUT2D eigenvalue weighted by Crippen LogP contribution is 2.19. The highest BCUT2D eigenvalue weighted by Gasteiger charge is 2.31. The van der Waals surface area contributed by atoms with Gasteiger partial charge in [0.05, 0.1) is 12.5 Å². The minimum Gasteiger partial charge on any atom is -0.349 e. The Morgan fingerprint density at radius 2 is 2.23 bits per heavy atom. The van der Waals surface area contributed by atoms with Crippen molar-refractivity contribution in [2.45, 2.75) is 46.2 Å². The third-order valence-corrected chi connectivity index (χ3v) is 3.79. The molecule has 2 rings (SSSR count). The number of carbonyl (C=O) groups excluding carboxylic acids is 2. The lowest BCUT2D eigenvalue weighted by Crippen LogP contribution is -2.48. The van der Waals surface area contributed by atoms with E-state index < -0.39 is 0 Å². The molecule has 0 radical (unpaired) electrons. The van der Waals surface area contributed by atoms with Crippen LogP contribution in [0.4, 0.5) is 0 Å². The first kappa shape index (κ1) is 16.2. The second-order valence-electron chi connectivity index (χ2n) is 5.93. The number of nitrogens with one attached hydrogen (secondary N) is 2. The first-order valence-electron chi connectivity index (χ1n) is 7.51. The van der Waals surface area contributed by atoms with Crippen molar-refractivity contribution in [1.29, 1.82) is 0 Å². The van der Waals surface area contributed by atoms with Crippen LogP contribution >= 0.6 is 0 Å². The van der Waals surface area contributed by atoms with Crippen molar-refractivity contribution >= 4 is 11.8 Å². The predicted octanol–water partition coefficient (Wildman–Crippen LogP) is 0.342. The number of aromatic nitrogens is 2. The number of aromatic amines is 1. The minimum atomic E-state index is -0.231. The molecule has 0 aliphatic carbocycles. The second-order valence-corrected chi connectivity index (χ2v) is 5.93. The standard InChI is InChI=1S/C15H22N4O3/c1-9(2)19-8-11(4-5-14(19)21)15(22)16-7-12-17-10(3)6-13(20)18-12/h6,9,11H,4-5,7-8H2,1-3H3,(H,16,22)(H,17,18,20)/t11-/m1/s1. The Labute approximate surface area is 129 Å². The van der Waals surface area contributed by atoms with E-state index in [0.29, 0.717) is 30.9 Å². The summed E-state index contributed by atoms with van der Waals surface area (Å²) in [4.78, 5) is 43.9. The number of hydrogen-bond acceptors (Lipinski definition) is 4. The zero-order valence-electron chi connectivity index (χ0n) is 13.2. The molecule has 7 heteroatoms. The van der Waals surface area contributed by atoms with Crippen LogP contribution in [-0.4, -0.2) is 39.3 Å². The lowest BCUT2D eigenvalue weighted by Gasteiger charge is -2.34. The van der Waals surface area contributed by atoms with Gasteiger partial charge in [0.25, 0.3) is 5.56 Å². The zero-order valence-corrected chi connectivity index (χ0v) is 13.2. The van der Waals surface area contributed by atoms with Crippen molar-refractivity contribution in [3.05, 3.63) is 27.9 Å². The number of aryl methyl sites for hydroxylation is 1. The summed E-state index contributed by atoms with van der Waals surface area (Å²) in [6.45, 7) is 6.25. The molecule has 0 bridgehead atoms. The van der Waals surface area contributed by atoms with E-state index in [9.17, 15) is 14.4 Å². The van der Waals surface area contributed by atoms with E-state index in [-0.39, 0.29) is 35.9 Å². The summed E-state index contributed by atoms with van der Waals surface area (Å²) < 4.78 is 0. The molecule has 1 aliphatic heterocycles. The van der Waals surface area contributed by atoms with Gasteiger partial charge in [0, 0.05) is 30.8 Å². The van der Waals surface area contributed by atoms with Crippen molar-refractivity contribution in [2.75, 3.05) is 6.54 Å². The van der Waals surface area contributed by atoms with Gasteiger partial charge in [0.15, 0.2) is 0 Å². The molecular formula is C15H22N4O3. The fourth-order valence-corrected chi connectivity index (χ4v) is 2.62. The monoisotopic (exact) mass is 306 g/mol. The summed E-state index contributed by atoms with van der Waals surface area (Å²) >= 11 is 0. The van der Waals surface area contributed by atoms with E-state index in [0.717, 1.165) is 0 Å². The van der Waals surface area contributed by atoms with Crippen molar-refractivity contribution in [1.82, 2.24) is 20.2 Å². The normalized spacial score (nSPS) is 18.6. The minimum absolute atomic E-state index is 0.0953. The van der Waals surface area contributed by atoms with E-state index in [1.165, 1.54) is 6.07 Å². The first-order valence-corrected chi connectivity index (χ1v) is 7.51. The summed E-state index contributed by atoms with van der Waals surface area (Å²) in [5.41, 5.74) is 0.383. The molecule has 2 amide bonds. The largest absolute Gasteiger partial charge is 0.349 e. The van der Waals surface area contributed by atoms with Gasteiger partial charge in [-0.25, -0.2) is 4.98 Å². The Morgan fingerprint density at radius 3 is 2.86 bits per heavy atom. The smallest absolute Gasteiger partial charge is 0.251 e. The Hall–Kier alpha value is -2.18. The molecule has 1 aromatic rings. The van der Waals surface area contributed by atoms with E-state index >= 15 is 0 Å². The van der Waals surface area contributed by atoms with Crippen LogP contribution in [0.25, 0.3) is 0 Å². The molecule has 2 N–H and O–H groups in total. The summed E-state index contributed by atoms with van der Waals surface area (Å²) in [5, 5.41) is 2.79. The lowest BCUT2D eigenvalue weighted by atomic mass is 9.95. The third kappa shape index (κ3) is 3.93. The molecule has 0 spiro atoms. The number of H-pyrrole nitrogens is 1. The van der Waals surface area contributed by atoms with Crippen LogP contribution in [0.1, 0.15) is 38.2 Å². The van der Waals surface area contributed by atoms with Gasteiger partial charge in [-0.05, 0) is 27.2 Å². The lowest BCUT2D eigenvalue weighted by molar-refractivity contribution is -0.140. The molecule has 1 atom stereocenters. The van der Waals surface area contributed by atoms with Crippen LogP contribution in [0.2, 0.25) is 0 Å². The topological polar surface area (TPSA) is 95.2 Å². The van der Waals surface area contributed by atoms with Gasteiger partial charge in [-0.1, -0.05) is 0 Å². The molecule has 2 heterocycles. The van der Waals surface area contributed by atoms with Gasteiger partial charge < -0.3 is 15.2 Å². The molecule has 1 fully saturated rings. The molecule has 1 aliphatic rings. The van der Waals surface area contributed by atoms with Gasteiger partial charge >= 0.3 is 0 Å². The van der Waals surface area contributed by atoms with Gasteiger partial charge in [0.2, 0.25) is 11.8 Å².